The summed E-state index contributed by atoms with van der Waals surface area (Å²) in [6, 6.07) is 23.2. The number of hydrogen-bond acceptors (Lipinski definition) is 4. The summed E-state index contributed by atoms with van der Waals surface area (Å²) in [6.45, 7) is 1.96. The van der Waals surface area contributed by atoms with Crippen LogP contribution in [0.2, 0.25) is 0 Å². The molecular weight excluding hydrogens is 388 g/mol. The highest BCUT2D eigenvalue weighted by Crippen LogP contribution is 2.24. The lowest BCUT2D eigenvalue weighted by Crippen LogP contribution is -2.16. The smallest absolute Gasteiger partial charge is 0.255 e. The minimum atomic E-state index is -3.46. The molecule has 0 saturated carbocycles. The summed E-state index contributed by atoms with van der Waals surface area (Å²) in [5, 5.41) is 2.73. The van der Waals surface area contributed by atoms with Gasteiger partial charge >= 0.3 is 0 Å². The number of para-hydroxylation sites is 2. The number of nitrogens with one attached hydrogen (secondary N) is 2. The molecule has 7 heteroatoms. The Labute approximate surface area is 170 Å². The van der Waals surface area contributed by atoms with Crippen molar-refractivity contribution in [2.75, 3.05) is 16.3 Å². The minimum Gasteiger partial charge on any atom is -0.486 e. The fraction of sp³-hybridized carbons (Fsp3) is 0.136. The zero-order chi connectivity index (χ0) is 20.9. The van der Waals surface area contributed by atoms with Crippen molar-refractivity contribution in [1.29, 1.82) is 0 Å². The standard InChI is InChI=1S/C22H22N2O4S/c1-16(17-8-4-3-5-9-17)28-19-14-12-18(13-15-19)22(25)23-20-10-6-7-11-21(20)24-29(2,26)27/h3-16,24H,1-2H3,(H,23,25). The van der Waals surface area contributed by atoms with Crippen LogP contribution in [0, 0.1) is 0 Å². The van der Waals surface area contributed by atoms with Crippen molar-refractivity contribution in [2.24, 2.45) is 0 Å². The van der Waals surface area contributed by atoms with Crippen LogP contribution in [0.1, 0.15) is 28.9 Å². The molecule has 0 saturated heterocycles. The monoisotopic (exact) mass is 410 g/mol. The highest BCUT2D eigenvalue weighted by atomic mass is 32.2. The van der Waals surface area contributed by atoms with Crippen molar-refractivity contribution in [1.82, 2.24) is 0 Å². The van der Waals surface area contributed by atoms with E-state index < -0.39 is 10.0 Å². The quantitative estimate of drug-likeness (QED) is 0.603. The lowest BCUT2D eigenvalue weighted by atomic mass is 10.1. The maximum Gasteiger partial charge on any atom is 0.255 e. The number of hydrogen-bond donors (Lipinski definition) is 2. The number of carbonyl (C=O) groups excluding carboxylic acids is 1. The SMILES string of the molecule is CC(Oc1ccc(C(=O)Nc2ccccc2NS(C)(=O)=O)cc1)c1ccccc1. The van der Waals surface area contributed by atoms with Crippen LogP contribution in [-0.4, -0.2) is 20.6 Å². The van der Waals surface area contributed by atoms with Crippen molar-refractivity contribution in [3.8, 4) is 5.75 Å². The molecule has 0 heterocycles. The average molecular weight is 410 g/mol. The number of anilines is 2. The van der Waals surface area contributed by atoms with Gasteiger partial charge in [-0.15, -0.1) is 0 Å². The number of ether oxygens (including phenoxy) is 1. The molecule has 0 radical (unpaired) electrons. The molecule has 0 aromatic heterocycles. The third kappa shape index (κ3) is 5.83. The molecule has 0 spiro atoms. The normalized spacial score (nSPS) is 12.1. The maximum absolute atomic E-state index is 12.6. The highest BCUT2D eigenvalue weighted by molar-refractivity contribution is 7.92. The Kier molecular flexibility index (Phi) is 6.19. The van der Waals surface area contributed by atoms with Gasteiger partial charge in [0, 0.05) is 5.56 Å². The van der Waals surface area contributed by atoms with Gasteiger partial charge in [0.15, 0.2) is 0 Å². The van der Waals surface area contributed by atoms with Gasteiger partial charge in [0.05, 0.1) is 17.6 Å². The van der Waals surface area contributed by atoms with Crippen molar-refractivity contribution >= 4 is 27.3 Å². The summed E-state index contributed by atoms with van der Waals surface area (Å²) in [7, 11) is -3.46. The molecule has 0 fully saturated rings. The second kappa shape index (κ2) is 8.79. The molecular formula is C22H22N2O4S. The van der Waals surface area contributed by atoms with E-state index in [1.807, 2.05) is 37.3 Å². The first-order chi connectivity index (χ1) is 13.8. The number of carbonyl (C=O) groups is 1. The molecule has 3 aromatic rings. The van der Waals surface area contributed by atoms with Gasteiger partial charge in [-0.3, -0.25) is 9.52 Å². The van der Waals surface area contributed by atoms with E-state index >= 15 is 0 Å². The lowest BCUT2D eigenvalue weighted by molar-refractivity contribution is 0.102. The number of rotatable bonds is 7. The van der Waals surface area contributed by atoms with Crippen molar-refractivity contribution < 1.29 is 17.9 Å². The molecule has 3 rings (SSSR count). The second-order valence-electron chi connectivity index (χ2n) is 6.57. The predicted molar refractivity (Wildman–Crippen MR) is 115 cm³/mol. The largest absolute Gasteiger partial charge is 0.486 e. The Bertz CT molecular complexity index is 1080. The predicted octanol–water partition coefficient (Wildman–Crippen LogP) is 4.45. The third-order valence-corrected chi connectivity index (χ3v) is 4.76. The van der Waals surface area contributed by atoms with Crippen LogP contribution in [0.25, 0.3) is 0 Å². The van der Waals surface area contributed by atoms with E-state index in [9.17, 15) is 13.2 Å². The van der Waals surface area contributed by atoms with Crippen LogP contribution >= 0.6 is 0 Å². The molecule has 29 heavy (non-hydrogen) atoms. The van der Waals surface area contributed by atoms with E-state index in [0.29, 0.717) is 22.7 Å². The summed E-state index contributed by atoms with van der Waals surface area (Å²) in [4.78, 5) is 12.6. The molecule has 2 N–H and O–H groups in total. The molecule has 1 amide bonds. The van der Waals surface area contributed by atoms with E-state index in [0.717, 1.165) is 11.8 Å². The molecule has 3 aromatic carbocycles. The van der Waals surface area contributed by atoms with E-state index in [-0.39, 0.29) is 12.0 Å². The van der Waals surface area contributed by atoms with Crippen LogP contribution < -0.4 is 14.8 Å². The highest BCUT2D eigenvalue weighted by Gasteiger charge is 2.12. The van der Waals surface area contributed by atoms with E-state index in [2.05, 4.69) is 10.0 Å². The van der Waals surface area contributed by atoms with Crippen LogP contribution in [0.5, 0.6) is 5.75 Å². The molecule has 1 atom stereocenters. The van der Waals surface area contributed by atoms with Gasteiger partial charge in [-0.1, -0.05) is 42.5 Å². The number of benzene rings is 3. The summed E-state index contributed by atoms with van der Waals surface area (Å²) >= 11 is 0. The van der Waals surface area contributed by atoms with Crippen LogP contribution in [0.15, 0.2) is 78.9 Å². The van der Waals surface area contributed by atoms with Crippen LogP contribution in [0.3, 0.4) is 0 Å². The Hall–Kier alpha value is -3.32. The number of amides is 1. The first kappa shape index (κ1) is 20.4. The van der Waals surface area contributed by atoms with Crippen LogP contribution in [-0.2, 0) is 10.0 Å². The van der Waals surface area contributed by atoms with Crippen LogP contribution in [0.4, 0.5) is 11.4 Å². The van der Waals surface area contributed by atoms with Crippen molar-refractivity contribution in [3.63, 3.8) is 0 Å². The molecule has 1 unspecified atom stereocenters. The number of sulfonamides is 1. The van der Waals surface area contributed by atoms with Gasteiger partial charge in [-0.2, -0.15) is 0 Å². The lowest BCUT2D eigenvalue weighted by Gasteiger charge is -2.15. The van der Waals surface area contributed by atoms with Crippen molar-refractivity contribution in [3.05, 3.63) is 90.0 Å². The molecule has 0 aliphatic carbocycles. The van der Waals surface area contributed by atoms with Gasteiger partial charge < -0.3 is 10.1 Å². The Balaban J connectivity index is 1.68. The van der Waals surface area contributed by atoms with Crippen molar-refractivity contribution in [2.45, 2.75) is 13.0 Å². The molecule has 0 bridgehead atoms. The summed E-state index contributed by atoms with van der Waals surface area (Å²) in [6.07, 6.45) is 0.936. The topological polar surface area (TPSA) is 84.5 Å². The summed E-state index contributed by atoms with van der Waals surface area (Å²) < 4.78 is 31.3. The fourth-order valence-corrected chi connectivity index (χ4v) is 3.33. The maximum atomic E-state index is 12.6. The van der Waals surface area contributed by atoms with Gasteiger partial charge in [-0.25, -0.2) is 8.42 Å². The second-order valence-corrected chi connectivity index (χ2v) is 8.32. The zero-order valence-electron chi connectivity index (χ0n) is 16.1. The Morgan fingerprint density at radius 2 is 1.45 bits per heavy atom. The Morgan fingerprint density at radius 1 is 0.862 bits per heavy atom. The van der Waals surface area contributed by atoms with Gasteiger partial charge in [0.25, 0.3) is 5.91 Å². The van der Waals surface area contributed by atoms with Gasteiger partial charge in [0.1, 0.15) is 11.9 Å². The average Bonchev–Trinajstić information content (AvgIpc) is 2.69. The zero-order valence-corrected chi connectivity index (χ0v) is 16.9. The molecule has 6 nitrogen and oxygen atoms in total. The first-order valence-electron chi connectivity index (χ1n) is 9.02. The summed E-state index contributed by atoms with van der Waals surface area (Å²) in [5.74, 6) is 0.299. The molecule has 150 valence electrons. The Morgan fingerprint density at radius 3 is 2.07 bits per heavy atom. The van der Waals surface area contributed by atoms with E-state index in [1.165, 1.54) is 0 Å². The first-order valence-corrected chi connectivity index (χ1v) is 10.9. The molecule has 0 aliphatic rings. The summed E-state index contributed by atoms with van der Waals surface area (Å²) in [5.41, 5.74) is 2.17. The van der Waals surface area contributed by atoms with E-state index in [4.69, 9.17) is 4.74 Å². The molecule has 0 aliphatic heterocycles. The van der Waals surface area contributed by atoms with Gasteiger partial charge in [0.2, 0.25) is 10.0 Å². The van der Waals surface area contributed by atoms with E-state index in [1.54, 1.807) is 48.5 Å². The van der Waals surface area contributed by atoms with Gasteiger partial charge in [-0.05, 0) is 48.9 Å². The minimum absolute atomic E-state index is 0.121. The third-order valence-electron chi connectivity index (χ3n) is 4.17. The fourth-order valence-electron chi connectivity index (χ4n) is 2.76.